The number of rotatable bonds is 2. The van der Waals surface area contributed by atoms with Crippen LogP contribution in [0.2, 0.25) is 0 Å². The molecule has 0 unspecified atom stereocenters. The molecule has 23 heavy (non-hydrogen) atoms. The fourth-order valence-electron chi connectivity index (χ4n) is 2.99. The zero-order chi connectivity index (χ0) is 16.0. The molecule has 2 atom stereocenters. The standard InChI is InChI=1S/C16H15NO5S/c18-16-11-3-1-2-4-15(11)23(19,20)17-12(16)7-10-5-6-13-14(8-10)22-9-21-13/h1-6,8,12,16-18H,7,9H2/t12-,16-/m0/s1. The van der Waals surface area contributed by atoms with Crippen molar-refractivity contribution in [2.75, 3.05) is 6.79 Å². The Labute approximate surface area is 133 Å². The quantitative estimate of drug-likeness (QED) is 0.867. The summed E-state index contributed by atoms with van der Waals surface area (Å²) < 4.78 is 37.8. The van der Waals surface area contributed by atoms with Gasteiger partial charge in [-0.1, -0.05) is 24.3 Å². The average molecular weight is 333 g/mol. The van der Waals surface area contributed by atoms with Gasteiger partial charge in [0.15, 0.2) is 11.5 Å². The van der Waals surface area contributed by atoms with Crippen LogP contribution in [0.1, 0.15) is 17.2 Å². The van der Waals surface area contributed by atoms with Gasteiger partial charge < -0.3 is 14.6 Å². The van der Waals surface area contributed by atoms with Crippen LogP contribution in [-0.4, -0.2) is 26.4 Å². The molecule has 0 fully saturated rings. The van der Waals surface area contributed by atoms with Crippen LogP contribution in [0, 0.1) is 0 Å². The summed E-state index contributed by atoms with van der Waals surface area (Å²) in [5.41, 5.74) is 1.29. The van der Waals surface area contributed by atoms with Crippen LogP contribution in [0.3, 0.4) is 0 Å². The zero-order valence-corrected chi connectivity index (χ0v) is 12.9. The normalized spacial score (nSPS) is 24.2. The maximum atomic E-state index is 12.3. The highest BCUT2D eigenvalue weighted by Gasteiger charge is 2.36. The van der Waals surface area contributed by atoms with Crippen LogP contribution in [0.25, 0.3) is 0 Å². The second-order valence-corrected chi connectivity index (χ2v) is 7.28. The number of hydrogen-bond acceptors (Lipinski definition) is 5. The van der Waals surface area contributed by atoms with Crippen molar-refractivity contribution in [2.45, 2.75) is 23.5 Å². The molecule has 2 aliphatic rings. The van der Waals surface area contributed by atoms with E-state index in [1.54, 1.807) is 24.3 Å². The third kappa shape index (κ3) is 2.46. The highest BCUT2D eigenvalue weighted by Crippen LogP contribution is 2.35. The molecule has 0 aliphatic carbocycles. The SMILES string of the molecule is O=S1(=O)N[C@@H](Cc2ccc3c(c2)OCO3)[C@@H](O)c2ccccc21. The number of sulfonamides is 1. The molecule has 0 spiro atoms. The van der Waals surface area contributed by atoms with Crippen LogP contribution < -0.4 is 14.2 Å². The Morgan fingerprint density at radius 2 is 1.91 bits per heavy atom. The molecule has 0 radical (unpaired) electrons. The van der Waals surface area contributed by atoms with Crippen molar-refractivity contribution in [3.8, 4) is 11.5 Å². The van der Waals surface area contributed by atoms with Crippen molar-refractivity contribution in [2.24, 2.45) is 0 Å². The Hall–Kier alpha value is -2.09. The van der Waals surface area contributed by atoms with Crippen molar-refractivity contribution in [3.63, 3.8) is 0 Å². The molecule has 0 amide bonds. The number of nitrogens with one attached hydrogen (secondary N) is 1. The smallest absolute Gasteiger partial charge is 0.241 e. The van der Waals surface area contributed by atoms with Gasteiger partial charge in [0.25, 0.3) is 0 Å². The minimum Gasteiger partial charge on any atom is -0.454 e. The van der Waals surface area contributed by atoms with E-state index in [0.717, 1.165) is 5.56 Å². The summed E-state index contributed by atoms with van der Waals surface area (Å²) in [5.74, 6) is 1.31. The van der Waals surface area contributed by atoms with Gasteiger partial charge in [-0.2, -0.15) is 0 Å². The second-order valence-electron chi connectivity index (χ2n) is 5.60. The summed E-state index contributed by atoms with van der Waals surface area (Å²) in [6.07, 6.45) is -0.550. The fourth-order valence-corrected chi connectivity index (χ4v) is 4.48. The summed E-state index contributed by atoms with van der Waals surface area (Å²) in [7, 11) is -3.62. The summed E-state index contributed by atoms with van der Waals surface area (Å²) >= 11 is 0. The number of ether oxygens (including phenoxy) is 2. The van der Waals surface area contributed by atoms with Gasteiger partial charge in [-0.05, 0) is 30.2 Å². The van der Waals surface area contributed by atoms with E-state index >= 15 is 0 Å². The Morgan fingerprint density at radius 1 is 1.13 bits per heavy atom. The van der Waals surface area contributed by atoms with Gasteiger partial charge in [0.1, 0.15) is 0 Å². The predicted molar refractivity (Wildman–Crippen MR) is 81.8 cm³/mol. The van der Waals surface area contributed by atoms with Crippen molar-refractivity contribution >= 4 is 10.0 Å². The van der Waals surface area contributed by atoms with E-state index in [-0.39, 0.29) is 11.7 Å². The van der Waals surface area contributed by atoms with E-state index in [9.17, 15) is 13.5 Å². The van der Waals surface area contributed by atoms with E-state index in [1.807, 2.05) is 12.1 Å². The molecule has 2 aromatic rings. The molecule has 2 aliphatic heterocycles. The molecule has 0 saturated heterocycles. The van der Waals surface area contributed by atoms with Gasteiger partial charge in [-0.15, -0.1) is 0 Å². The molecule has 6 nitrogen and oxygen atoms in total. The molecule has 0 saturated carbocycles. The minimum atomic E-state index is -3.62. The first-order valence-corrected chi connectivity index (χ1v) is 8.71. The van der Waals surface area contributed by atoms with Crippen LogP contribution in [-0.2, 0) is 16.4 Å². The summed E-state index contributed by atoms with van der Waals surface area (Å²) in [6.45, 7) is 0.185. The summed E-state index contributed by atoms with van der Waals surface area (Å²) in [4.78, 5) is 0.134. The molecule has 2 N–H and O–H groups in total. The minimum absolute atomic E-state index is 0.134. The van der Waals surface area contributed by atoms with E-state index in [1.165, 1.54) is 6.07 Å². The first-order valence-electron chi connectivity index (χ1n) is 7.22. The number of hydrogen-bond donors (Lipinski definition) is 2. The molecule has 2 aromatic carbocycles. The van der Waals surface area contributed by atoms with Gasteiger partial charge in [0.2, 0.25) is 16.8 Å². The number of fused-ring (bicyclic) bond motifs is 2. The molecular formula is C16H15NO5S. The lowest BCUT2D eigenvalue weighted by Crippen LogP contribution is -2.45. The highest BCUT2D eigenvalue weighted by molar-refractivity contribution is 7.89. The molecule has 4 rings (SSSR count). The molecule has 7 heteroatoms. The van der Waals surface area contributed by atoms with Gasteiger partial charge >= 0.3 is 0 Å². The van der Waals surface area contributed by atoms with E-state index < -0.39 is 22.2 Å². The third-order valence-electron chi connectivity index (χ3n) is 4.11. The van der Waals surface area contributed by atoms with Crippen molar-refractivity contribution in [3.05, 3.63) is 53.6 Å². The van der Waals surface area contributed by atoms with Gasteiger partial charge in [0, 0.05) is 5.56 Å². The van der Waals surface area contributed by atoms with Crippen LogP contribution in [0.5, 0.6) is 11.5 Å². The number of aliphatic hydroxyl groups is 1. The lowest BCUT2D eigenvalue weighted by Gasteiger charge is -2.30. The Morgan fingerprint density at radius 3 is 2.78 bits per heavy atom. The number of benzene rings is 2. The Kier molecular flexibility index (Phi) is 3.29. The molecule has 0 aromatic heterocycles. The zero-order valence-electron chi connectivity index (χ0n) is 12.1. The molecule has 120 valence electrons. The lowest BCUT2D eigenvalue weighted by atomic mass is 9.96. The third-order valence-corrected chi connectivity index (χ3v) is 5.67. The monoisotopic (exact) mass is 333 g/mol. The van der Waals surface area contributed by atoms with E-state index in [0.29, 0.717) is 23.5 Å². The van der Waals surface area contributed by atoms with Crippen LogP contribution in [0.4, 0.5) is 0 Å². The summed E-state index contributed by atoms with van der Waals surface area (Å²) in [5, 5.41) is 10.5. The fraction of sp³-hybridized carbons (Fsp3) is 0.250. The summed E-state index contributed by atoms with van der Waals surface area (Å²) in [6, 6.07) is 11.3. The van der Waals surface area contributed by atoms with Crippen LogP contribution >= 0.6 is 0 Å². The molecule has 0 bridgehead atoms. The lowest BCUT2D eigenvalue weighted by molar-refractivity contribution is 0.131. The largest absolute Gasteiger partial charge is 0.454 e. The second kappa shape index (κ2) is 5.23. The van der Waals surface area contributed by atoms with Gasteiger partial charge in [-0.3, -0.25) is 0 Å². The first kappa shape index (κ1) is 14.5. The topological polar surface area (TPSA) is 84.9 Å². The van der Waals surface area contributed by atoms with Crippen molar-refractivity contribution in [1.29, 1.82) is 0 Å². The van der Waals surface area contributed by atoms with Gasteiger partial charge in [-0.25, -0.2) is 13.1 Å². The highest BCUT2D eigenvalue weighted by atomic mass is 32.2. The number of aliphatic hydroxyl groups excluding tert-OH is 1. The predicted octanol–water partition coefficient (Wildman–Crippen LogP) is 1.35. The van der Waals surface area contributed by atoms with E-state index in [2.05, 4.69) is 4.72 Å². The van der Waals surface area contributed by atoms with Crippen molar-refractivity contribution < 1.29 is 23.0 Å². The Bertz CT molecular complexity index is 865. The maximum absolute atomic E-state index is 12.3. The molecule has 2 heterocycles. The van der Waals surface area contributed by atoms with Gasteiger partial charge in [0.05, 0.1) is 17.0 Å². The molecular weight excluding hydrogens is 318 g/mol. The Balaban J connectivity index is 1.66. The average Bonchev–Trinajstić information content (AvgIpc) is 3.00. The van der Waals surface area contributed by atoms with Crippen LogP contribution in [0.15, 0.2) is 47.4 Å². The van der Waals surface area contributed by atoms with E-state index in [4.69, 9.17) is 9.47 Å². The maximum Gasteiger partial charge on any atom is 0.241 e. The van der Waals surface area contributed by atoms with Crippen molar-refractivity contribution in [1.82, 2.24) is 4.72 Å². The first-order chi connectivity index (χ1) is 11.0.